The fraction of sp³-hybridized carbons (Fsp3) is 0.306. The van der Waals surface area contributed by atoms with Gasteiger partial charge in [0.05, 0.1) is 24.7 Å². The van der Waals surface area contributed by atoms with Crippen molar-refractivity contribution < 1.29 is 41.0 Å². The molecule has 4 atom stereocenters. The van der Waals surface area contributed by atoms with Crippen LogP contribution in [0, 0.1) is 6.92 Å². The van der Waals surface area contributed by atoms with E-state index in [-0.39, 0.29) is 14.6 Å². The van der Waals surface area contributed by atoms with Crippen molar-refractivity contribution in [2.75, 3.05) is 13.7 Å². The number of aryl methyl sites for hydroxylation is 1. The number of aliphatic hydroxyl groups excluding tert-OH is 1. The zero-order valence-corrected chi connectivity index (χ0v) is 30.2. The van der Waals surface area contributed by atoms with Crippen LogP contribution in [-0.4, -0.2) is 71.8 Å². The highest BCUT2D eigenvalue weighted by Crippen LogP contribution is 2.41. The minimum absolute atomic E-state index is 0.0365. The maximum atomic E-state index is 14.9. The molecule has 5 aromatic rings. The highest BCUT2D eigenvalue weighted by atomic mass is 32.2. The number of amides is 2. The van der Waals surface area contributed by atoms with Gasteiger partial charge in [-0.05, 0) is 68.3 Å². The SMILES string of the molecule is COC(=O)NC(C(=O)N[C@H](c1ccc([C@@H](CO)N(C(C)C)S(=O)(=O)c2ccc(C)cc2)s1)C(F)(F)F)[C@@H](c1ccccc1)c1c[nH]c2ncccc12. The molecule has 16 heteroatoms. The highest BCUT2D eigenvalue weighted by Gasteiger charge is 2.46. The standard InChI is InChI=1S/C36H38F3N5O6S2/c1-21(2)44(52(48,49)24-14-12-22(3)13-15-24)27(20-45)28-16-17-29(51-28)32(36(37,38)39)43-34(46)31(42-35(47)50-4)30(23-9-6-5-7-10-23)26-19-41-33-25(26)11-8-18-40-33/h5-19,21,27,30-32,45H,20H2,1-4H3,(H,40,41)(H,42,47)(H,43,46)/t27-,30+,31?,32-/m1/s1. The van der Waals surface area contributed by atoms with Gasteiger partial charge in [-0.2, -0.15) is 17.5 Å². The van der Waals surface area contributed by atoms with Crippen LogP contribution < -0.4 is 10.6 Å². The number of benzene rings is 2. The summed E-state index contributed by atoms with van der Waals surface area (Å²) in [5.41, 5.74) is 2.30. The molecule has 0 saturated heterocycles. The molecular weight excluding hydrogens is 720 g/mol. The number of fused-ring (bicyclic) bond motifs is 1. The summed E-state index contributed by atoms with van der Waals surface area (Å²) in [6.45, 7) is 4.27. The number of H-pyrrole nitrogens is 1. The fourth-order valence-corrected chi connectivity index (χ4v) is 9.15. The van der Waals surface area contributed by atoms with E-state index in [2.05, 4.69) is 20.6 Å². The summed E-state index contributed by atoms with van der Waals surface area (Å²) in [6.07, 6.45) is -2.93. The lowest BCUT2D eigenvalue weighted by Gasteiger charge is -2.32. The van der Waals surface area contributed by atoms with Crippen molar-refractivity contribution >= 4 is 44.4 Å². The third kappa shape index (κ3) is 8.14. The number of aromatic nitrogens is 2. The van der Waals surface area contributed by atoms with E-state index in [1.165, 1.54) is 18.2 Å². The van der Waals surface area contributed by atoms with Crippen LogP contribution in [0.15, 0.2) is 96.2 Å². The van der Waals surface area contributed by atoms with Crippen LogP contribution in [-0.2, 0) is 19.6 Å². The summed E-state index contributed by atoms with van der Waals surface area (Å²) < 4.78 is 78.1. The average molecular weight is 758 g/mol. The topological polar surface area (TPSA) is 154 Å². The largest absolute Gasteiger partial charge is 0.453 e. The zero-order chi connectivity index (χ0) is 37.8. The first-order valence-electron chi connectivity index (χ1n) is 16.2. The number of hydrogen-bond acceptors (Lipinski definition) is 8. The predicted molar refractivity (Wildman–Crippen MR) is 190 cm³/mol. The third-order valence-electron chi connectivity index (χ3n) is 8.51. The Labute approximate surface area is 302 Å². The first kappa shape index (κ1) is 38.5. The fourth-order valence-electron chi connectivity index (χ4n) is 6.11. The molecule has 3 heterocycles. The molecule has 276 valence electrons. The number of hydrogen-bond donors (Lipinski definition) is 4. The van der Waals surface area contributed by atoms with Crippen molar-refractivity contribution in [3.8, 4) is 0 Å². The number of ether oxygens (including phenoxy) is 1. The van der Waals surface area contributed by atoms with Crippen molar-refractivity contribution in [3.63, 3.8) is 0 Å². The number of aromatic amines is 1. The van der Waals surface area contributed by atoms with Crippen LogP contribution in [0.25, 0.3) is 11.0 Å². The molecule has 11 nitrogen and oxygen atoms in total. The molecule has 0 aliphatic heterocycles. The van der Waals surface area contributed by atoms with Gasteiger partial charge in [-0.1, -0.05) is 48.0 Å². The summed E-state index contributed by atoms with van der Waals surface area (Å²) in [5, 5.41) is 15.6. The van der Waals surface area contributed by atoms with Gasteiger partial charge in [-0.3, -0.25) is 4.79 Å². The Hall–Kier alpha value is -4.77. The van der Waals surface area contributed by atoms with Gasteiger partial charge in [0.25, 0.3) is 0 Å². The van der Waals surface area contributed by atoms with Crippen LogP contribution in [0.2, 0.25) is 0 Å². The second kappa shape index (κ2) is 15.9. The van der Waals surface area contributed by atoms with E-state index in [1.54, 1.807) is 87.8 Å². The maximum Gasteiger partial charge on any atom is 0.413 e. The van der Waals surface area contributed by atoms with Crippen molar-refractivity contribution in [3.05, 3.63) is 118 Å². The molecule has 0 aliphatic rings. The molecule has 0 aliphatic carbocycles. The second-order valence-electron chi connectivity index (χ2n) is 12.3. The molecule has 0 radical (unpaired) electrons. The molecule has 2 amide bonds. The molecule has 1 unspecified atom stereocenters. The number of thiophene rings is 1. The molecule has 2 aromatic carbocycles. The molecule has 0 bridgehead atoms. The van der Waals surface area contributed by atoms with Gasteiger partial charge in [0.2, 0.25) is 15.9 Å². The lowest BCUT2D eigenvalue weighted by atomic mass is 9.84. The summed E-state index contributed by atoms with van der Waals surface area (Å²) in [7, 11) is -3.13. The smallest absolute Gasteiger partial charge is 0.413 e. The van der Waals surface area contributed by atoms with Crippen LogP contribution in [0.3, 0.4) is 0 Å². The lowest BCUT2D eigenvalue weighted by molar-refractivity contribution is -0.163. The number of nitrogens with zero attached hydrogens (tertiary/aromatic N) is 2. The second-order valence-corrected chi connectivity index (χ2v) is 15.3. The normalized spacial score (nSPS) is 14.6. The zero-order valence-electron chi connectivity index (χ0n) is 28.6. The quantitative estimate of drug-likeness (QED) is 0.109. The molecule has 0 saturated carbocycles. The molecule has 5 rings (SSSR count). The number of alkyl carbamates (subject to hydrolysis) is 1. The van der Waals surface area contributed by atoms with E-state index in [9.17, 15) is 36.3 Å². The van der Waals surface area contributed by atoms with Gasteiger partial charge in [0, 0.05) is 39.5 Å². The number of carbonyl (C=O) groups excluding carboxylic acids is 2. The Morgan fingerprint density at radius 3 is 2.27 bits per heavy atom. The van der Waals surface area contributed by atoms with Crippen LogP contribution in [0.4, 0.5) is 18.0 Å². The van der Waals surface area contributed by atoms with E-state index in [4.69, 9.17) is 4.74 Å². The summed E-state index contributed by atoms with van der Waals surface area (Å²) in [6, 6.07) is 14.4. The number of nitrogens with one attached hydrogen (secondary N) is 3. The predicted octanol–water partition coefficient (Wildman–Crippen LogP) is 6.34. The number of halogens is 3. The summed E-state index contributed by atoms with van der Waals surface area (Å²) >= 11 is 0.610. The molecule has 0 fully saturated rings. The minimum Gasteiger partial charge on any atom is -0.453 e. The Balaban J connectivity index is 1.54. The van der Waals surface area contributed by atoms with E-state index in [1.807, 2.05) is 0 Å². The molecular formula is C36H38F3N5O6S2. The Kier molecular flexibility index (Phi) is 11.7. The van der Waals surface area contributed by atoms with Crippen LogP contribution in [0.1, 0.15) is 58.3 Å². The molecule has 0 spiro atoms. The first-order valence-corrected chi connectivity index (χ1v) is 18.4. The summed E-state index contributed by atoms with van der Waals surface area (Å²) in [4.78, 5) is 33.8. The monoisotopic (exact) mass is 757 g/mol. The number of carbonyl (C=O) groups is 2. The summed E-state index contributed by atoms with van der Waals surface area (Å²) in [5.74, 6) is -2.17. The molecule has 3 aromatic heterocycles. The van der Waals surface area contributed by atoms with Gasteiger partial charge >= 0.3 is 12.3 Å². The van der Waals surface area contributed by atoms with Crippen LogP contribution in [0.5, 0.6) is 0 Å². The van der Waals surface area contributed by atoms with Crippen molar-refractivity contribution in [1.29, 1.82) is 0 Å². The number of rotatable bonds is 13. The van der Waals surface area contributed by atoms with Gasteiger partial charge in [-0.25, -0.2) is 18.2 Å². The maximum absolute atomic E-state index is 14.9. The van der Waals surface area contributed by atoms with Gasteiger partial charge in [0.1, 0.15) is 11.7 Å². The lowest BCUT2D eigenvalue weighted by Crippen LogP contribution is -2.52. The van der Waals surface area contributed by atoms with Gasteiger partial charge in [0.15, 0.2) is 6.04 Å². The van der Waals surface area contributed by atoms with Gasteiger partial charge in [-0.15, -0.1) is 11.3 Å². The average Bonchev–Trinajstić information content (AvgIpc) is 3.77. The Bertz CT molecular complexity index is 2100. The van der Waals surface area contributed by atoms with Crippen molar-refractivity contribution in [1.82, 2.24) is 24.9 Å². The Morgan fingerprint density at radius 1 is 0.981 bits per heavy atom. The third-order valence-corrected chi connectivity index (χ3v) is 11.9. The van der Waals surface area contributed by atoms with Gasteiger partial charge < -0.3 is 25.5 Å². The van der Waals surface area contributed by atoms with E-state index in [0.29, 0.717) is 33.5 Å². The van der Waals surface area contributed by atoms with E-state index in [0.717, 1.165) is 23.0 Å². The number of pyridine rings is 1. The Morgan fingerprint density at radius 2 is 1.65 bits per heavy atom. The van der Waals surface area contributed by atoms with Crippen LogP contribution >= 0.6 is 11.3 Å². The number of alkyl halides is 3. The van der Waals surface area contributed by atoms with Crippen molar-refractivity contribution in [2.24, 2.45) is 0 Å². The van der Waals surface area contributed by atoms with Crippen molar-refractivity contribution in [2.45, 2.75) is 61.9 Å². The number of methoxy groups -OCH3 is 1. The van der Waals surface area contributed by atoms with E-state index >= 15 is 0 Å². The highest BCUT2D eigenvalue weighted by molar-refractivity contribution is 7.89. The van der Waals surface area contributed by atoms with E-state index < -0.39 is 64.9 Å². The number of sulfonamides is 1. The molecule has 4 N–H and O–H groups in total. The number of aliphatic hydroxyl groups is 1. The molecule has 52 heavy (non-hydrogen) atoms. The minimum atomic E-state index is -5.03. The first-order chi connectivity index (χ1) is 24.7.